The molecule has 0 bridgehead atoms. The first kappa shape index (κ1) is 19.7. The first-order valence-electron chi connectivity index (χ1n) is 8.63. The van der Waals surface area contributed by atoms with Crippen molar-refractivity contribution < 1.29 is 14.3 Å². The summed E-state index contributed by atoms with van der Waals surface area (Å²) in [5.74, 6) is -0.0964. The van der Waals surface area contributed by atoms with Crippen LogP contribution in [0.4, 0.5) is 0 Å². The number of amides is 1. The molecule has 26 heavy (non-hydrogen) atoms. The second kappa shape index (κ2) is 9.15. The van der Waals surface area contributed by atoms with Gasteiger partial charge in [0.1, 0.15) is 0 Å². The maximum Gasteiger partial charge on any atom is 0.338 e. The third-order valence-electron chi connectivity index (χ3n) is 4.08. The van der Waals surface area contributed by atoms with Crippen molar-refractivity contribution in [2.45, 2.75) is 6.92 Å². The van der Waals surface area contributed by atoms with Gasteiger partial charge in [0.15, 0.2) is 0 Å². The average molecular weight is 354 g/mol. The lowest BCUT2D eigenvalue weighted by atomic mass is 9.98. The van der Waals surface area contributed by atoms with Crippen molar-refractivity contribution in [3.63, 3.8) is 0 Å². The van der Waals surface area contributed by atoms with Crippen molar-refractivity contribution in [2.75, 3.05) is 34.3 Å². The molecule has 0 aliphatic carbocycles. The van der Waals surface area contributed by atoms with E-state index in [0.717, 1.165) is 17.7 Å². The van der Waals surface area contributed by atoms with Crippen LogP contribution in [-0.4, -0.2) is 51.1 Å². The van der Waals surface area contributed by atoms with E-state index in [9.17, 15) is 9.59 Å². The molecule has 1 N–H and O–H groups in total. The third-order valence-corrected chi connectivity index (χ3v) is 4.08. The molecule has 0 saturated carbocycles. The summed E-state index contributed by atoms with van der Waals surface area (Å²) < 4.78 is 4.84. The first-order chi connectivity index (χ1) is 12.4. The number of carbonyl (C=O) groups is 2. The molecule has 0 saturated heterocycles. The number of hydrogen-bond donors (Lipinski definition) is 1. The molecule has 5 heteroatoms. The first-order valence-corrected chi connectivity index (χ1v) is 8.63. The molecule has 0 spiro atoms. The lowest BCUT2D eigenvalue weighted by Crippen LogP contribution is -2.32. The van der Waals surface area contributed by atoms with Crippen LogP contribution in [0.5, 0.6) is 0 Å². The number of methoxy groups -OCH3 is 1. The van der Waals surface area contributed by atoms with Gasteiger partial charge in [0.25, 0.3) is 5.91 Å². The number of ether oxygens (including phenoxy) is 1. The van der Waals surface area contributed by atoms with Gasteiger partial charge in [0.2, 0.25) is 0 Å². The van der Waals surface area contributed by atoms with Crippen LogP contribution in [0.1, 0.15) is 27.6 Å². The summed E-state index contributed by atoms with van der Waals surface area (Å²) in [5, 5.41) is 2.96. The summed E-state index contributed by atoms with van der Waals surface area (Å²) in [5.41, 5.74) is 2.75. The highest BCUT2D eigenvalue weighted by molar-refractivity contribution is 5.98. The Bertz CT molecular complexity index is 754. The number of nitrogens with one attached hydrogen (secondary N) is 1. The minimum atomic E-state index is -0.378. The molecule has 2 aromatic carbocycles. The van der Waals surface area contributed by atoms with E-state index in [1.165, 1.54) is 7.11 Å². The molecule has 138 valence electrons. The highest BCUT2D eigenvalue weighted by atomic mass is 16.5. The van der Waals surface area contributed by atoms with Crippen molar-refractivity contribution in [2.24, 2.45) is 5.92 Å². The number of esters is 1. The third kappa shape index (κ3) is 5.17. The highest BCUT2D eigenvalue weighted by Gasteiger charge is 2.13. The Hall–Kier alpha value is -2.66. The van der Waals surface area contributed by atoms with E-state index >= 15 is 0 Å². The minimum Gasteiger partial charge on any atom is -0.465 e. The van der Waals surface area contributed by atoms with Crippen LogP contribution in [0.25, 0.3) is 11.1 Å². The lowest BCUT2D eigenvalue weighted by Gasteiger charge is -2.17. The van der Waals surface area contributed by atoms with Gasteiger partial charge in [-0.1, -0.05) is 37.3 Å². The van der Waals surface area contributed by atoms with Crippen molar-refractivity contribution in [3.05, 3.63) is 59.7 Å². The molecule has 0 aliphatic heterocycles. The van der Waals surface area contributed by atoms with E-state index in [4.69, 9.17) is 4.74 Å². The topological polar surface area (TPSA) is 58.6 Å². The normalized spacial score (nSPS) is 11.9. The molecule has 2 aromatic rings. The molecule has 0 radical (unpaired) electrons. The quantitative estimate of drug-likeness (QED) is 0.777. The number of nitrogens with zero attached hydrogens (tertiary/aromatic N) is 1. The summed E-state index contributed by atoms with van der Waals surface area (Å²) in [4.78, 5) is 26.3. The van der Waals surface area contributed by atoms with Gasteiger partial charge in [-0.25, -0.2) is 4.79 Å². The number of hydrogen-bond acceptors (Lipinski definition) is 4. The Balaban J connectivity index is 2.09. The van der Waals surface area contributed by atoms with E-state index in [1.54, 1.807) is 24.3 Å². The molecule has 0 aliphatic rings. The van der Waals surface area contributed by atoms with Crippen LogP contribution >= 0.6 is 0 Å². The van der Waals surface area contributed by atoms with Gasteiger partial charge in [0, 0.05) is 18.7 Å². The van der Waals surface area contributed by atoms with Crippen molar-refractivity contribution in [3.8, 4) is 11.1 Å². The SMILES string of the molecule is COC(=O)c1ccccc1-c1ccc(C(=O)NCC(C)CN(C)C)cc1. The van der Waals surface area contributed by atoms with Gasteiger partial charge >= 0.3 is 5.97 Å². The predicted octanol–water partition coefficient (Wildman–Crippen LogP) is 3.07. The zero-order chi connectivity index (χ0) is 19.1. The van der Waals surface area contributed by atoms with Crippen LogP contribution < -0.4 is 5.32 Å². The number of benzene rings is 2. The minimum absolute atomic E-state index is 0.0941. The zero-order valence-electron chi connectivity index (χ0n) is 15.8. The van der Waals surface area contributed by atoms with Gasteiger partial charge in [-0.15, -0.1) is 0 Å². The lowest BCUT2D eigenvalue weighted by molar-refractivity contribution is 0.0601. The van der Waals surface area contributed by atoms with Crippen LogP contribution in [-0.2, 0) is 4.74 Å². The predicted molar refractivity (Wildman–Crippen MR) is 103 cm³/mol. The van der Waals surface area contributed by atoms with Gasteiger partial charge < -0.3 is 15.0 Å². The van der Waals surface area contributed by atoms with Gasteiger partial charge in [-0.2, -0.15) is 0 Å². The van der Waals surface area contributed by atoms with E-state index in [0.29, 0.717) is 23.6 Å². The second-order valence-electron chi connectivity index (χ2n) is 6.69. The van der Waals surface area contributed by atoms with E-state index in [-0.39, 0.29) is 11.9 Å². The van der Waals surface area contributed by atoms with E-state index in [1.807, 2.05) is 38.4 Å². The average Bonchev–Trinajstić information content (AvgIpc) is 2.65. The summed E-state index contributed by atoms with van der Waals surface area (Å²) in [7, 11) is 5.40. The number of rotatable bonds is 7. The second-order valence-corrected chi connectivity index (χ2v) is 6.69. The fourth-order valence-corrected chi connectivity index (χ4v) is 2.88. The summed E-state index contributed by atoms with van der Waals surface area (Å²) in [6.45, 7) is 3.65. The monoisotopic (exact) mass is 354 g/mol. The van der Waals surface area contributed by atoms with Crippen LogP contribution in [0.2, 0.25) is 0 Å². The van der Waals surface area contributed by atoms with Gasteiger partial charge in [-0.05, 0) is 49.3 Å². The molecule has 1 unspecified atom stereocenters. The molecule has 2 rings (SSSR count). The Morgan fingerprint density at radius 1 is 1.08 bits per heavy atom. The molecule has 1 atom stereocenters. The van der Waals surface area contributed by atoms with Crippen LogP contribution in [0.15, 0.2) is 48.5 Å². The largest absolute Gasteiger partial charge is 0.465 e. The Kier molecular flexibility index (Phi) is 6.92. The molecular weight excluding hydrogens is 328 g/mol. The maximum absolute atomic E-state index is 12.3. The molecule has 0 heterocycles. The summed E-state index contributed by atoms with van der Waals surface area (Å²) in [6, 6.07) is 14.5. The molecular formula is C21H26N2O3. The van der Waals surface area contributed by atoms with Crippen LogP contribution in [0, 0.1) is 5.92 Å². The summed E-state index contributed by atoms with van der Waals surface area (Å²) >= 11 is 0. The van der Waals surface area contributed by atoms with Gasteiger partial charge in [0.05, 0.1) is 12.7 Å². The van der Waals surface area contributed by atoms with Crippen molar-refractivity contribution >= 4 is 11.9 Å². The van der Waals surface area contributed by atoms with E-state index < -0.39 is 0 Å². The number of carbonyl (C=O) groups excluding carboxylic acids is 2. The Labute approximate surface area is 155 Å². The Morgan fingerprint density at radius 3 is 2.35 bits per heavy atom. The van der Waals surface area contributed by atoms with Gasteiger partial charge in [-0.3, -0.25) is 4.79 Å². The molecule has 1 amide bonds. The molecule has 0 fully saturated rings. The summed E-state index contributed by atoms with van der Waals surface area (Å²) in [6.07, 6.45) is 0. The Morgan fingerprint density at radius 2 is 1.73 bits per heavy atom. The van der Waals surface area contributed by atoms with Crippen LogP contribution in [0.3, 0.4) is 0 Å². The zero-order valence-corrected chi connectivity index (χ0v) is 15.8. The fraction of sp³-hybridized carbons (Fsp3) is 0.333. The van der Waals surface area contributed by atoms with Crippen molar-refractivity contribution in [1.82, 2.24) is 10.2 Å². The van der Waals surface area contributed by atoms with E-state index in [2.05, 4.69) is 17.1 Å². The standard InChI is InChI=1S/C21H26N2O3/c1-15(14-23(2)3)13-22-20(24)17-11-9-16(10-12-17)18-7-5-6-8-19(18)21(25)26-4/h5-12,15H,13-14H2,1-4H3,(H,22,24). The maximum atomic E-state index is 12.3. The highest BCUT2D eigenvalue weighted by Crippen LogP contribution is 2.24. The molecule has 5 nitrogen and oxygen atoms in total. The van der Waals surface area contributed by atoms with Crippen molar-refractivity contribution in [1.29, 1.82) is 0 Å². The smallest absolute Gasteiger partial charge is 0.338 e. The fourth-order valence-electron chi connectivity index (χ4n) is 2.88. The molecule has 0 aromatic heterocycles.